The fraction of sp³-hybridized carbons (Fsp3) is 0.308. The highest BCUT2D eigenvalue weighted by Crippen LogP contribution is 2.26. The van der Waals surface area contributed by atoms with Crippen LogP contribution in [0.25, 0.3) is 0 Å². The second kappa shape index (κ2) is 6.43. The smallest absolute Gasteiger partial charge is 0.283 e. The fourth-order valence-corrected chi connectivity index (χ4v) is 2.93. The Morgan fingerprint density at radius 1 is 1.55 bits per heavy atom. The van der Waals surface area contributed by atoms with E-state index in [-0.39, 0.29) is 16.7 Å². The van der Waals surface area contributed by atoms with Gasteiger partial charge in [0.15, 0.2) is 0 Å². The highest BCUT2D eigenvalue weighted by Gasteiger charge is 2.13. The van der Waals surface area contributed by atoms with Gasteiger partial charge in [-0.25, -0.2) is 4.98 Å². The Morgan fingerprint density at radius 2 is 2.30 bits per heavy atom. The number of nitro benzene ring substituents is 1. The van der Waals surface area contributed by atoms with E-state index in [1.807, 2.05) is 26.1 Å². The first-order valence-corrected chi connectivity index (χ1v) is 7.67. The molecule has 0 aliphatic heterocycles. The van der Waals surface area contributed by atoms with E-state index in [0.29, 0.717) is 11.0 Å². The van der Waals surface area contributed by atoms with Crippen LogP contribution in [0.3, 0.4) is 0 Å². The number of hydrogen-bond donors (Lipinski definition) is 1. The zero-order valence-corrected chi connectivity index (χ0v) is 13.5. The van der Waals surface area contributed by atoms with Crippen molar-refractivity contribution in [3.05, 3.63) is 54.4 Å². The summed E-state index contributed by atoms with van der Waals surface area (Å²) in [4.78, 5) is 16.0. The maximum atomic E-state index is 10.9. The van der Waals surface area contributed by atoms with Crippen LogP contribution in [0.4, 0.5) is 5.69 Å². The first-order valence-electron chi connectivity index (χ1n) is 6.06. The number of nitrogens with one attached hydrogen (secondary N) is 1. The van der Waals surface area contributed by atoms with Gasteiger partial charge in [-0.15, -0.1) is 11.3 Å². The summed E-state index contributed by atoms with van der Waals surface area (Å²) in [6.45, 7) is 4.62. The molecule has 0 radical (unpaired) electrons. The van der Waals surface area contributed by atoms with Gasteiger partial charge in [0, 0.05) is 23.7 Å². The number of rotatable bonds is 5. The third-order valence-corrected chi connectivity index (χ3v) is 4.60. The second-order valence-corrected chi connectivity index (χ2v) is 6.58. The highest BCUT2D eigenvalue weighted by molar-refractivity contribution is 9.10. The van der Waals surface area contributed by atoms with Crippen molar-refractivity contribution in [1.29, 1.82) is 0 Å². The minimum atomic E-state index is -0.388. The van der Waals surface area contributed by atoms with Crippen LogP contribution in [-0.2, 0) is 6.54 Å². The van der Waals surface area contributed by atoms with Gasteiger partial charge in [0.1, 0.15) is 5.01 Å². The standard InChI is InChI=1S/C13H14BrN3O2S/c1-8-6-16-13(20-8)9(2)15-7-10-3-4-11(14)12(5-10)17(18)19/h3-6,9,15H,7H2,1-2H3. The van der Waals surface area contributed by atoms with Crippen molar-refractivity contribution < 1.29 is 4.92 Å². The van der Waals surface area contributed by atoms with Crippen molar-refractivity contribution in [2.75, 3.05) is 0 Å². The van der Waals surface area contributed by atoms with E-state index in [9.17, 15) is 10.1 Å². The van der Waals surface area contributed by atoms with E-state index >= 15 is 0 Å². The number of nitro groups is 1. The quantitative estimate of drug-likeness (QED) is 0.650. The first-order chi connectivity index (χ1) is 9.47. The van der Waals surface area contributed by atoms with Crippen molar-refractivity contribution in [1.82, 2.24) is 10.3 Å². The Bertz CT molecular complexity index is 630. The van der Waals surface area contributed by atoms with Crippen LogP contribution in [0.2, 0.25) is 0 Å². The third kappa shape index (κ3) is 3.62. The maximum Gasteiger partial charge on any atom is 0.283 e. The van der Waals surface area contributed by atoms with Crippen molar-refractivity contribution in [3.63, 3.8) is 0 Å². The summed E-state index contributed by atoms with van der Waals surface area (Å²) >= 11 is 4.83. The lowest BCUT2D eigenvalue weighted by molar-refractivity contribution is -0.385. The van der Waals surface area contributed by atoms with Crippen LogP contribution in [0.15, 0.2) is 28.9 Å². The van der Waals surface area contributed by atoms with Gasteiger partial charge < -0.3 is 5.32 Å². The lowest BCUT2D eigenvalue weighted by Crippen LogP contribution is -2.17. The molecule has 0 aliphatic rings. The van der Waals surface area contributed by atoms with Crippen LogP contribution in [0, 0.1) is 17.0 Å². The molecule has 1 unspecified atom stereocenters. The normalized spacial score (nSPS) is 12.3. The van der Waals surface area contributed by atoms with Crippen LogP contribution in [-0.4, -0.2) is 9.91 Å². The molecular formula is C13H14BrN3O2S. The molecule has 0 saturated heterocycles. The molecule has 1 heterocycles. The number of nitrogens with zero attached hydrogens (tertiary/aromatic N) is 2. The minimum absolute atomic E-state index is 0.0852. The summed E-state index contributed by atoms with van der Waals surface area (Å²) < 4.78 is 0.495. The summed E-state index contributed by atoms with van der Waals surface area (Å²) in [7, 11) is 0. The van der Waals surface area contributed by atoms with Crippen molar-refractivity contribution in [2.45, 2.75) is 26.4 Å². The summed E-state index contributed by atoms with van der Waals surface area (Å²) in [5, 5.41) is 15.2. The summed E-state index contributed by atoms with van der Waals surface area (Å²) in [5.74, 6) is 0. The van der Waals surface area contributed by atoms with E-state index in [0.717, 1.165) is 10.6 Å². The van der Waals surface area contributed by atoms with Gasteiger partial charge in [-0.2, -0.15) is 0 Å². The molecular weight excluding hydrogens is 342 g/mol. The average molecular weight is 356 g/mol. The van der Waals surface area contributed by atoms with Gasteiger partial charge in [-0.1, -0.05) is 6.07 Å². The molecule has 0 saturated carbocycles. The number of thiazole rings is 1. The van der Waals surface area contributed by atoms with Crippen molar-refractivity contribution >= 4 is 33.0 Å². The zero-order valence-electron chi connectivity index (χ0n) is 11.1. The second-order valence-electron chi connectivity index (χ2n) is 4.45. The number of halogens is 1. The maximum absolute atomic E-state index is 10.9. The number of hydrogen-bond acceptors (Lipinski definition) is 5. The fourth-order valence-electron chi connectivity index (χ4n) is 1.74. The molecule has 0 fully saturated rings. The van der Waals surface area contributed by atoms with Crippen LogP contribution in [0.1, 0.15) is 28.4 Å². The first kappa shape index (κ1) is 15.1. The summed E-state index contributed by atoms with van der Waals surface area (Å²) in [6.07, 6.45) is 1.85. The number of benzene rings is 1. The van der Waals surface area contributed by atoms with Gasteiger partial charge in [0.05, 0.1) is 15.4 Å². The van der Waals surface area contributed by atoms with E-state index in [4.69, 9.17) is 0 Å². The Hall–Kier alpha value is -1.31. The molecule has 7 heteroatoms. The Kier molecular flexibility index (Phi) is 4.85. The predicted molar refractivity (Wildman–Crippen MR) is 82.9 cm³/mol. The SMILES string of the molecule is Cc1cnc(C(C)NCc2ccc(Br)c([N+](=O)[O-])c2)s1. The molecule has 106 valence electrons. The molecule has 0 spiro atoms. The number of aromatic nitrogens is 1. The molecule has 1 aromatic carbocycles. The average Bonchev–Trinajstić information content (AvgIpc) is 2.84. The lowest BCUT2D eigenvalue weighted by atomic mass is 10.2. The lowest BCUT2D eigenvalue weighted by Gasteiger charge is -2.11. The molecule has 5 nitrogen and oxygen atoms in total. The van der Waals surface area contributed by atoms with Crippen LogP contribution < -0.4 is 5.32 Å². The molecule has 20 heavy (non-hydrogen) atoms. The Morgan fingerprint density at radius 3 is 2.90 bits per heavy atom. The predicted octanol–water partition coefficient (Wildman–Crippen LogP) is 3.97. The molecule has 0 amide bonds. The molecule has 2 rings (SSSR count). The van der Waals surface area contributed by atoms with E-state index in [2.05, 4.69) is 26.2 Å². The van der Waals surface area contributed by atoms with Crippen molar-refractivity contribution in [2.24, 2.45) is 0 Å². The minimum Gasteiger partial charge on any atom is -0.304 e. The molecule has 0 aliphatic carbocycles. The van der Waals surface area contributed by atoms with Gasteiger partial charge in [-0.05, 0) is 41.4 Å². The van der Waals surface area contributed by atoms with Gasteiger partial charge in [0.2, 0.25) is 0 Å². The van der Waals surface area contributed by atoms with Crippen molar-refractivity contribution in [3.8, 4) is 0 Å². The molecule has 2 aromatic rings. The van der Waals surface area contributed by atoms with Gasteiger partial charge in [-0.3, -0.25) is 10.1 Å². The topological polar surface area (TPSA) is 68.1 Å². The molecule has 1 aromatic heterocycles. The highest BCUT2D eigenvalue weighted by atomic mass is 79.9. The van der Waals surface area contributed by atoms with E-state index in [1.165, 1.54) is 4.88 Å². The van der Waals surface area contributed by atoms with E-state index in [1.54, 1.807) is 23.5 Å². The molecule has 0 bridgehead atoms. The van der Waals surface area contributed by atoms with Gasteiger partial charge in [0.25, 0.3) is 5.69 Å². The Balaban J connectivity index is 2.04. The number of aryl methyl sites for hydroxylation is 1. The summed E-state index contributed by atoms with van der Waals surface area (Å²) in [6, 6.07) is 5.27. The largest absolute Gasteiger partial charge is 0.304 e. The van der Waals surface area contributed by atoms with Crippen LogP contribution in [0.5, 0.6) is 0 Å². The van der Waals surface area contributed by atoms with Gasteiger partial charge >= 0.3 is 0 Å². The monoisotopic (exact) mass is 355 g/mol. The zero-order chi connectivity index (χ0) is 14.7. The molecule has 1 N–H and O–H groups in total. The summed E-state index contributed by atoms with van der Waals surface area (Å²) in [5.41, 5.74) is 0.960. The molecule has 1 atom stereocenters. The van der Waals surface area contributed by atoms with Crippen LogP contribution >= 0.6 is 27.3 Å². The van der Waals surface area contributed by atoms with E-state index < -0.39 is 0 Å². The third-order valence-electron chi connectivity index (χ3n) is 2.83. The Labute approximate surface area is 129 Å².